The van der Waals surface area contributed by atoms with Crippen molar-refractivity contribution in [1.29, 1.82) is 0 Å². The van der Waals surface area contributed by atoms with Crippen LogP contribution in [-0.2, 0) is 0 Å². The van der Waals surface area contributed by atoms with E-state index in [0.29, 0.717) is 0 Å². The summed E-state index contributed by atoms with van der Waals surface area (Å²) >= 11 is 0. The molecule has 11 rings (SSSR count). The van der Waals surface area contributed by atoms with Gasteiger partial charge in [-0.2, -0.15) is 0 Å². The molecule has 0 saturated heterocycles. The Balaban J connectivity index is 1.10. The first-order valence-corrected chi connectivity index (χ1v) is 17.6. The number of nitrogens with zero attached hydrogens (tertiary/aromatic N) is 2. The Kier molecular flexibility index (Phi) is 6.22. The molecule has 0 fully saturated rings. The molecule has 4 nitrogen and oxygen atoms in total. The average molecular weight is 667 g/mol. The zero-order chi connectivity index (χ0) is 34.2. The van der Waals surface area contributed by atoms with E-state index >= 15 is 0 Å². The summed E-state index contributed by atoms with van der Waals surface area (Å²) in [5.41, 5.74) is 12.2. The maximum atomic E-state index is 6.64. The van der Waals surface area contributed by atoms with Crippen LogP contribution in [-0.4, -0.2) is 4.57 Å². The number of para-hydroxylation sites is 5. The van der Waals surface area contributed by atoms with Gasteiger partial charge >= 0.3 is 0 Å². The van der Waals surface area contributed by atoms with E-state index in [0.717, 1.165) is 77.8 Å². The van der Waals surface area contributed by atoms with E-state index in [4.69, 9.17) is 8.83 Å². The van der Waals surface area contributed by atoms with Crippen LogP contribution >= 0.6 is 0 Å². The summed E-state index contributed by atoms with van der Waals surface area (Å²) in [5, 5.41) is 6.92. The highest BCUT2D eigenvalue weighted by atomic mass is 16.3. The summed E-state index contributed by atoms with van der Waals surface area (Å²) in [6.07, 6.45) is 0. The van der Waals surface area contributed by atoms with Gasteiger partial charge in [0.1, 0.15) is 22.3 Å². The summed E-state index contributed by atoms with van der Waals surface area (Å²) < 4.78 is 15.3. The van der Waals surface area contributed by atoms with Crippen LogP contribution in [0.5, 0.6) is 0 Å². The second-order valence-electron chi connectivity index (χ2n) is 13.3. The molecular formula is C48H30N2O2. The predicted molar refractivity (Wildman–Crippen MR) is 215 cm³/mol. The molecule has 8 aromatic carbocycles. The Labute approximate surface area is 299 Å². The number of anilines is 3. The molecule has 0 aliphatic rings. The lowest BCUT2D eigenvalue weighted by atomic mass is 10.00. The van der Waals surface area contributed by atoms with Crippen molar-refractivity contribution in [3.8, 4) is 16.8 Å². The van der Waals surface area contributed by atoms with E-state index in [1.807, 2.05) is 18.2 Å². The molecule has 0 unspecified atom stereocenters. The molecular weight excluding hydrogens is 637 g/mol. The van der Waals surface area contributed by atoms with E-state index in [1.54, 1.807) is 0 Å². The van der Waals surface area contributed by atoms with Crippen LogP contribution in [0.3, 0.4) is 0 Å². The van der Waals surface area contributed by atoms with E-state index in [-0.39, 0.29) is 0 Å². The zero-order valence-corrected chi connectivity index (χ0v) is 28.0. The highest BCUT2D eigenvalue weighted by molar-refractivity contribution is 6.13. The van der Waals surface area contributed by atoms with Gasteiger partial charge in [-0.1, -0.05) is 103 Å². The number of hydrogen-bond donors (Lipinski definition) is 0. The van der Waals surface area contributed by atoms with Crippen LogP contribution in [0, 0.1) is 0 Å². The van der Waals surface area contributed by atoms with Crippen molar-refractivity contribution in [2.75, 3.05) is 4.90 Å². The standard InChI is InChI=1S/C48H30N2O2/c1-2-12-32(13-3-1)49(34-26-27-40-38-16-6-10-20-45(38)51-47(40)30-34)33-24-22-31(23-25-33)41-28-35(29-42-39-17-7-11-21-46(39)52-48(41)42)50-43-18-8-4-14-36(43)37-15-5-9-19-44(37)50/h1-30H. The van der Waals surface area contributed by atoms with Crippen molar-refractivity contribution in [3.63, 3.8) is 0 Å². The third kappa shape index (κ3) is 4.34. The van der Waals surface area contributed by atoms with Crippen molar-refractivity contribution in [2.24, 2.45) is 0 Å². The van der Waals surface area contributed by atoms with E-state index in [2.05, 4.69) is 173 Å². The lowest BCUT2D eigenvalue weighted by Crippen LogP contribution is -2.09. The number of benzene rings is 8. The highest BCUT2D eigenvalue weighted by Gasteiger charge is 2.20. The summed E-state index contributed by atoms with van der Waals surface area (Å²) in [4.78, 5) is 2.28. The Morgan fingerprint density at radius 1 is 0.365 bits per heavy atom. The van der Waals surface area contributed by atoms with Gasteiger partial charge in [-0.3, -0.25) is 0 Å². The predicted octanol–water partition coefficient (Wildman–Crippen LogP) is 13.7. The molecule has 0 amide bonds. The maximum Gasteiger partial charge on any atom is 0.143 e. The van der Waals surface area contributed by atoms with Crippen molar-refractivity contribution < 1.29 is 8.83 Å². The molecule has 244 valence electrons. The molecule has 4 heteroatoms. The van der Waals surface area contributed by atoms with Crippen molar-refractivity contribution in [3.05, 3.63) is 182 Å². The lowest BCUT2D eigenvalue weighted by molar-refractivity contribution is 0.669. The molecule has 11 aromatic rings. The largest absolute Gasteiger partial charge is 0.456 e. The number of rotatable bonds is 5. The second-order valence-corrected chi connectivity index (χ2v) is 13.3. The number of furan rings is 2. The number of fused-ring (bicyclic) bond motifs is 9. The molecule has 0 saturated carbocycles. The second kappa shape index (κ2) is 11.2. The topological polar surface area (TPSA) is 34.5 Å². The maximum absolute atomic E-state index is 6.64. The van der Waals surface area contributed by atoms with E-state index in [1.165, 1.54) is 21.8 Å². The molecule has 52 heavy (non-hydrogen) atoms. The molecule has 3 aromatic heterocycles. The van der Waals surface area contributed by atoms with Crippen LogP contribution in [0.4, 0.5) is 17.1 Å². The van der Waals surface area contributed by atoms with Gasteiger partial charge < -0.3 is 18.3 Å². The highest BCUT2D eigenvalue weighted by Crippen LogP contribution is 2.43. The summed E-state index contributed by atoms with van der Waals surface area (Å²) in [6.45, 7) is 0. The van der Waals surface area contributed by atoms with Gasteiger partial charge in [0, 0.05) is 66.7 Å². The van der Waals surface area contributed by atoms with Crippen LogP contribution in [0.1, 0.15) is 0 Å². The van der Waals surface area contributed by atoms with Gasteiger partial charge in [-0.05, 0) is 78.4 Å². The molecule has 3 heterocycles. The molecule has 0 bridgehead atoms. The van der Waals surface area contributed by atoms with Gasteiger partial charge in [0.25, 0.3) is 0 Å². The monoisotopic (exact) mass is 666 g/mol. The van der Waals surface area contributed by atoms with Crippen molar-refractivity contribution in [1.82, 2.24) is 4.57 Å². The van der Waals surface area contributed by atoms with Gasteiger partial charge in [0.15, 0.2) is 0 Å². The van der Waals surface area contributed by atoms with Crippen LogP contribution in [0.15, 0.2) is 191 Å². The molecule has 0 N–H and O–H groups in total. The first-order chi connectivity index (χ1) is 25.8. The SMILES string of the molecule is c1ccc(N(c2ccc(-c3cc(-n4c5ccccc5c5ccccc54)cc4c3oc3ccccc34)cc2)c2ccc3c(c2)oc2ccccc23)cc1. The number of hydrogen-bond acceptors (Lipinski definition) is 3. The minimum Gasteiger partial charge on any atom is -0.456 e. The average Bonchev–Trinajstić information content (AvgIpc) is 3.88. The Hall–Kier alpha value is -7.04. The molecule has 0 aliphatic heterocycles. The fourth-order valence-corrected chi connectivity index (χ4v) is 8.02. The van der Waals surface area contributed by atoms with Gasteiger partial charge in [0.2, 0.25) is 0 Å². The summed E-state index contributed by atoms with van der Waals surface area (Å²) in [5.74, 6) is 0. The van der Waals surface area contributed by atoms with Crippen molar-refractivity contribution in [2.45, 2.75) is 0 Å². The van der Waals surface area contributed by atoms with Gasteiger partial charge in [-0.25, -0.2) is 0 Å². The Morgan fingerprint density at radius 2 is 0.904 bits per heavy atom. The van der Waals surface area contributed by atoms with Crippen molar-refractivity contribution >= 4 is 82.7 Å². The third-order valence-corrected chi connectivity index (χ3v) is 10.4. The molecule has 0 radical (unpaired) electrons. The van der Waals surface area contributed by atoms with Gasteiger partial charge in [-0.15, -0.1) is 0 Å². The number of aromatic nitrogens is 1. The first-order valence-electron chi connectivity index (χ1n) is 17.6. The minimum absolute atomic E-state index is 0.866. The van der Waals surface area contributed by atoms with E-state index < -0.39 is 0 Å². The molecule has 0 atom stereocenters. The fraction of sp³-hybridized carbons (Fsp3) is 0. The third-order valence-electron chi connectivity index (χ3n) is 10.4. The lowest BCUT2D eigenvalue weighted by Gasteiger charge is -2.25. The Morgan fingerprint density at radius 3 is 1.62 bits per heavy atom. The normalized spacial score (nSPS) is 11.8. The molecule has 0 aliphatic carbocycles. The van der Waals surface area contributed by atoms with Crippen LogP contribution < -0.4 is 4.90 Å². The summed E-state index contributed by atoms with van der Waals surface area (Å²) in [6, 6.07) is 64.2. The Bertz CT molecular complexity index is 3080. The molecule has 0 spiro atoms. The minimum atomic E-state index is 0.866. The quantitative estimate of drug-likeness (QED) is 0.183. The van der Waals surface area contributed by atoms with Gasteiger partial charge in [0.05, 0.1) is 11.0 Å². The van der Waals surface area contributed by atoms with Crippen LogP contribution in [0.25, 0.3) is 82.5 Å². The van der Waals surface area contributed by atoms with E-state index in [9.17, 15) is 0 Å². The van der Waals surface area contributed by atoms with Crippen LogP contribution in [0.2, 0.25) is 0 Å². The fourth-order valence-electron chi connectivity index (χ4n) is 8.02. The first kappa shape index (κ1) is 28.8. The summed E-state index contributed by atoms with van der Waals surface area (Å²) in [7, 11) is 0. The smallest absolute Gasteiger partial charge is 0.143 e. The zero-order valence-electron chi connectivity index (χ0n) is 28.0.